The van der Waals surface area contributed by atoms with E-state index < -0.39 is 0 Å². The lowest BCUT2D eigenvalue weighted by atomic mass is 10.1. The maximum atomic E-state index is 5.70. The summed E-state index contributed by atoms with van der Waals surface area (Å²) < 4.78 is 0. The number of halogens is 2. The van der Waals surface area contributed by atoms with Gasteiger partial charge in [-0.2, -0.15) is 0 Å². The smallest absolute Gasteiger partial charge is 0.225 e. The second-order valence-corrected chi connectivity index (χ2v) is 4.49. The van der Waals surface area contributed by atoms with Crippen LogP contribution in [0.4, 0.5) is 5.95 Å². The van der Waals surface area contributed by atoms with Gasteiger partial charge in [0.05, 0.1) is 0 Å². The van der Waals surface area contributed by atoms with E-state index in [2.05, 4.69) is 15.3 Å². The Hall–Kier alpha value is -0.540. The summed E-state index contributed by atoms with van der Waals surface area (Å²) in [5, 5.41) is 3.75. The lowest BCUT2D eigenvalue weighted by Crippen LogP contribution is -2.27. The van der Waals surface area contributed by atoms with Gasteiger partial charge in [0.1, 0.15) is 10.3 Å². The first-order valence-electron chi connectivity index (χ1n) is 3.85. The monoisotopic (exact) mass is 219 g/mol. The number of rotatable bonds is 1. The van der Waals surface area contributed by atoms with Crippen LogP contribution < -0.4 is 5.32 Å². The van der Waals surface area contributed by atoms with Gasteiger partial charge in [0.25, 0.3) is 0 Å². The molecule has 0 unspecified atom stereocenters. The zero-order valence-corrected chi connectivity index (χ0v) is 9.24. The van der Waals surface area contributed by atoms with Crippen LogP contribution in [-0.4, -0.2) is 15.5 Å². The molecular weight excluding hydrogens is 209 g/mol. The highest BCUT2D eigenvalue weighted by Crippen LogP contribution is 2.16. The molecule has 0 aliphatic carbocycles. The van der Waals surface area contributed by atoms with E-state index in [0.29, 0.717) is 16.3 Å². The summed E-state index contributed by atoms with van der Waals surface area (Å²) in [6, 6.07) is 1.50. The highest BCUT2D eigenvalue weighted by molar-refractivity contribution is 6.33. The van der Waals surface area contributed by atoms with E-state index >= 15 is 0 Å². The molecule has 0 fully saturated rings. The molecule has 0 amide bonds. The van der Waals surface area contributed by atoms with Crippen molar-refractivity contribution >= 4 is 29.2 Å². The summed E-state index contributed by atoms with van der Waals surface area (Å²) >= 11 is 11.4. The Bertz CT molecular complexity index is 286. The molecule has 72 valence electrons. The lowest BCUT2D eigenvalue weighted by molar-refractivity contribution is 0.626. The maximum absolute atomic E-state index is 5.70. The summed E-state index contributed by atoms with van der Waals surface area (Å²) in [6.45, 7) is 6.02. The normalized spacial score (nSPS) is 11.5. The Morgan fingerprint density at radius 1 is 1.15 bits per heavy atom. The molecule has 1 aromatic rings. The molecule has 13 heavy (non-hydrogen) atoms. The number of anilines is 1. The Morgan fingerprint density at radius 3 is 2.00 bits per heavy atom. The molecule has 0 aromatic carbocycles. The van der Waals surface area contributed by atoms with Crippen molar-refractivity contribution in [2.24, 2.45) is 0 Å². The fourth-order valence-electron chi connectivity index (χ4n) is 0.781. The van der Waals surface area contributed by atoms with Gasteiger partial charge in [0.15, 0.2) is 0 Å². The highest BCUT2D eigenvalue weighted by Gasteiger charge is 2.11. The lowest BCUT2D eigenvalue weighted by Gasteiger charge is -2.20. The van der Waals surface area contributed by atoms with Crippen molar-refractivity contribution in [3.8, 4) is 0 Å². The van der Waals surface area contributed by atoms with Crippen molar-refractivity contribution in [1.82, 2.24) is 9.97 Å². The minimum atomic E-state index is -0.103. The van der Waals surface area contributed by atoms with Crippen LogP contribution >= 0.6 is 23.2 Å². The highest BCUT2D eigenvalue weighted by atomic mass is 35.5. The zero-order chi connectivity index (χ0) is 10.1. The molecular formula is C8H11Cl2N3. The Kier molecular flexibility index (Phi) is 2.98. The molecule has 0 aliphatic heterocycles. The SMILES string of the molecule is CC(C)(C)Nc1nc(Cl)cc(Cl)n1. The largest absolute Gasteiger partial charge is 0.350 e. The van der Waals surface area contributed by atoms with Gasteiger partial charge in [-0.15, -0.1) is 0 Å². The van der Waals surface area contributed by atoms with Crippen molar-refractivity contribution in [2.75, 3.05) is 5.32 Å². The predicted molar refractivity (Wildman–Crippen MR) is 55.4 cm³/mol. The average Bonchev–Trinajstić information content (AvgIpc) is 1.78. The van der Waals surface area contributed by atoms with Crippen LogP contribution in [0.5, 0.6) is 0 Å². The Balaban J connectivity index is 2.90. The second-order valence-electron chi connectivity index (χ2n) is 3.71. The maximum Gasteiger partial charge on any atom is 0.225 e. The van der Waals surface area contributed by atoms with Crippen molar-refractivity contribution < 1.29 is 0 Å². The van der Waals surface area contributed by atoms with Gasteiger partial charge < -0.3 is 5.32 Å². The van der Waals surface area contributed by atoms with Gasteiger partial charge in [-0.1, -0.05) is 23.2 Å². The van der Waals surface area contributed by atoms with Crippen molar-refractivity contribution in [2.45, 2.75) is 26.3 Å². The third kappa shape index (κ3) is 3.79. The van der Waals surface area contributed by atoms with E-state index in [1.807, 2.05) is 20.8 Å². The van der Waals surface area contributed by atoms with Crippen LogP contribution in [0.3, 0.4) is 0 Å². The predicted octanol–water partition coefficient (Wildman–Crippen LogP) is 2.99. The topological polar surface area (TPSA) is 37.8 Å². The van der Waals surface area contributed by atoms with Crippen molar-refractivity contribution in [3.05, 3.63) is 16.4 Å². The summed E-state index contributed by atoms with van der Waals surface area (Å²) in [7, 11) is 0. The number of nitrogens with zero attached hydrogens (tertiary/aromatic N) is 2. The summed E-state index contributed by atoms with van der Waals surface area (Å²) in [4.78, 5) is 7.96. The molecule has 1 aromatic heterocycles. The molecule has 3 nitrogen and oxygen atoms in total. The Morgan fingerprint density at radius 2 is 1.62 bits per heavy atom. The van der Waals surface area contributed by atoms with E-state index in [9.17, 15) is 0 Å². The van der Waals surface area contributed by atoms with E-state index in [-0.39, 0.29) is 5.54 Å². The Labute approximate surface area is 87.5 Å². The van der Waals surface area contributed by atoms with Crippen molar-refractivity contribution in [1.29, 1.82) is 0 Å². The fourth-order valence-corrected chi connectivity index (χ4v) is 1.20. The van der Waals surface area contributed by atoms with Crippen LogP contribution in [0.1, 0.15) is 20.8 Å². The van der Waals surface area contributed by atoms with E-state index in [1.165, 1.54) is 6.07 Å². The number of aromatic nitrogens is 2. The molecule has 0 saturated carbocycles. The number of nitrogens with one attached hydrogen (secondary N) is 1. The van der Waals surface area contributed by atoms with Crippen LogP contribution in [0.15, 0.2) is 6.07 Å². The van der Waals surface area contributed by atoms with Gasteiger partial charge in [0.2, 0.25) is 5.95 Å². The van der Waals surface area contributed by atoms with Gasteiger partial charge in [0, 0.05) is 11.6 Å². The first-order chi connectivity index (χ1) is 5.87. The van der Waals surface area contributed by atoms with Crippen LogP contribution in [0.25, 0.3) is 0 Å². The fraction of sp³-hybridized carbons (Fsp3) is 0.500. The standard InChI is InChI=1S/C8H11Cl2N3/c1-8(2,3)13-7-11-5(9)4-6(10)12-7/h4H,1-3H3,(H,11,12,13). The zero-order valence-electron chi connectivity index (χ0n) is 7.73. The molecule has 1 N–H and O–H groups in total. The van der Waals surface area contributed by atoms with Crippen LogP contribution in [-0.2, 0) is 0 Å². The first kappa shape index (κ1) is 10.5. The van der Waals surface area contributed by atoms with Gasteiger partial charge in [-0.3, -0.25) is 0 Å². The number of hydrogen-bond acceptors (Lipinski definition) is 3. The molecule has 1 rings (SSSR count). The molecule has 0 aliphatic rings. The molecule has 0 saturated heterocycles. The average molecular weight is 220 g/mol. The third-order valence-electron chi connectivity index (χ3n) is 1.15. The van der Waals surface area contributed by atoms with Crippen molar-refractivity contribution in [3.63, 3.8) is 0 Å². The molecule has 5 heteroatoms. The van der Waals surface area contributed by atoms with Gasteiger partial charge in [-0.05, 0) is 20.8 Å². The minimum absolute atomic E-state index is 0.103. The molecule has 0 radical (unpaired) electrons. The third-order valence-corrected chi connectivity index (χ3v) is 1.54. The molecule has 1 heterocycles. The number of hydrogen-bond donors (Lipinski definition) is 1. The minimum Gasteiger partial charge on any atom is -0.350 e. The first-order valence-corrected chi connectivity index (χ1v) is 4.61. The van der Waals surface area contributed by atoms with E-state index in [1.54, 1.807) is 0 Å². The second kappa shape index (κ2) is 3.68. The summed E-state index contributed by atoms with van der Waals surface area (Å²) in [5.74, 6) is 0.449. The molecule has 0 atom stereocenters. The van der Waals surface area contributed by atoms with Gasteiger partial charge >= 0.3 is 0 Å². The van der Waals surface area contributed by atoms with Gasteiger partial charge in [-0.25, -0.2) is 9.97 Å². The van der Waals surface area contributed by atoms with Crippen LogP contribution in [0, 0.1) is 0 Å². The molecule has 0 spiro atoms. The van der Waals surface area contributed by atoms with E-state index in [0.717, 1.165) is 0 Å². The summed E-state index contributed by atoms with van der Waals surface area (Å²) in [6.07, 6.45) is 0. The van der Waals surface area contributed by atoms with E-state index in [4.69, 9.17) is 23.2 Å². The van der Waals surface area contributed by atoms with Crippen LogP contribution in [0.2, 0.25) is 10.3 Å². The summed E-state index contributed by atoms with van der Waals surface area (Å²) in [5.41, 5.74) is -0.103. The quantitative estimate of drug-likeness (QED) is 0.739. The molecule has 0 bridgehead atoms.